The van der Waals surface area contributed by atoms with E-state index in [9.17, 15) is 9.90 Å². The van der Waals surface area contributed by atoms with Crippen molar-refractivity contribution in [1.82, 2.24) is 5.32 Å². The number of rotatable bonds is 5. The van der Waals surface area contributed by atoms with Gasteiger partial charge >= 0.3 is 5.97 Å². The van der Waals surface area contributed by atoms with Crippen LogP contribution < -0.4 is 5.32 Å². The number of aliphatic carboxylic acids is 1. The van der Waals surface area contributed by atoms with Crippen LogP contribution in [0.25, 0.3) is 0 Å². The molecule has 0 aliphatic heterocycles. The normalized spacial score (nSPS) is 23.6. The van der Waals surface area contributed by atoms with Crippen molar-refractivity contribution in [1.29, 1.82) is 0 Å². The van der Waals surface area contributed by atoms with Crippen LogP contribution in [0.15, 0.2) is 0 Å². The number of carboxylic acids is 1. The highest BCUT2D eigenvalue weighted by Crippen LogP contribution is 2.53. The molecular weight excluding hydrogens is 166 g/mol. The second-order valence-corrected chi connectivity index (χ2v) is 4.42. The fourth-order valence-corrected chi connectivity index (χ4v) is 1.61. The Morgan fingerprint density at radius 1 is 1.62 bits per heavy atom. The Bertz CT molecular complexity index is 211. The summed E-state index contributed by atoms with van der Waals surface area (Å²) in [7, 11) is 0. The third kappa shape index (κ3) is 1.70. The second kappa shape index (κ2) is 3.29. The van der Waals surface area contributed by atoms with E-state index < -0.39 is 11.5 Å². The molecule has 2 N–H and O–H groups in total. The van der Waals surface area contributed by atoms with E-state index >= 15 is 0 Å². The Balaban J connectivity index is 2.69. The van der Waals surface area contributed by atoms with Gasteiger partial charge in [0.25, 0.3) is 0 Å². The van der Waals surface area contributed by atoms with Gasteiger partial charge < -0.3 is 10.4 Å². The van der Waals surface area contributed by atoms with Crippen molar-refractivity contribution in [3.05, 3.63) is 0 Å². The minimum absolute atomic E-state index is 0.0337. The second-order valence-electron chi connectivity index (χ2n) is 4.42. The summed E-state index contributed by atoms with van der Waals surface area (Å²) in [4.78, 5) is 11.2. The van der Waals surface area contributed by atoms with E-state index in [1.165, 1.54) is 0 Å². The van der Waals surface area contributed by atoms with Crippen molar-refractivity contribution in [3.8, 4) is 0 Å². The Hall–Kier alpha value is -0.570. The van der Waals surface area contributed by atoms with Crippen LogP contribution in [0, 0.1) is 5.41 Å². The van der Waals surface area contributed by atoms with Crippen LogP contribution in [0.1, 0.15) is 40.0 Å². The molecule has 1 unspecified atom stereocenters. The Morgan fingerprint density at radius 3 is 2.46 bits per heavy atom. The van der Waals surface area contributed by atoms with Gasteiger partial charge in [-0.25, -0.2) is 0 Å². The standard InChI is InChI=1S/C10H19NO2/c1-4-7-11-10(3,8(12)13)9(2)5-6-9/h11H,4-7H2,1-3H3,(H,12,13). The van der Waals surface area contributed by atoms with E-state index in [0.29, 0.717) is 0 Å². The lowest BCUT2D eigenvalue weighted by Gasteiger charge is -2.32. The number of hydrogen-bond donors (Lipinski definition) is 2. The van der Waals surface area contributed by atoms with Crippen molar-refractivity contribution in [2.75, 3.05) is 6.54 Å². The van der Waals surface area contributed by atoms with Crippen LogP contribution in [-0.4, -0.2) is 23.2 Å². The smallest absolute Gasteiger partial charge is 0.324 e. The lowest BCUT2D eigenvalue weighted by molar-refractivity contribution is -0.147. The highest BCUT2D eigenvalue weighted by atomic mass is 16.4. The van der Waals surface area contributed by atoms with Gasteiger partial charge in [-0.1, -0.05) is 13.8 Å². The lowest BCUT2D eigenvalue weighted by atomic mass is 9.84. The fraction of sp³-hybridized carbons (Fsp3) is 0.900. The van der Waals surface area contributed by atoms with Crippen LogP contribution in [0.3, 0.4) is 0 Å². The maximum absolute atomic E-state index is 11.2. The lowest BCUT2D eigenvalue weighted by Crippen LogP contribution is -2.55. The molecule has 1 saturated carbocycles. The molecule has 0 heterocycles. The first-order chi connectivity index (χ1) is 5.96. The molecule has 0 bridgehead atoms. The van der Waals surface area contributed by atoms with E-state index in [-0.39, 0.29) is 5.41 Å². The van der Waals surface area contributed by atoms with E-state index in [1.807, 2.05) is 13.8 Å². The highest BCUT2D eigenvalue weighted by molar-refractivity contribution is 5.80. The summed E-state index contributed by atoms with van der Waals surface area (Å²) in [6.45, 7) is 6.67. The van der Waals surface area contributed by atoms with Gasteiger partial charge in [-0.3, -0.25) is 4.79 Å². The SMILES string of the molecule is CCCNC(C)(C(=O)O)C1(C)CC1. The van der Waals surface area contributed by atoms with Gasteiger partial charge in [0, 0.05) is 0 Å². The van der Waals surface area contributed by atoms with E-state index in [0.717, 1.165) is 25.8 Å². The first-order valence-electron chi connectivity index (χ1n) is 4.95. The van der Waals surface area contributed by atoms with Gasteiger partial charge in [0.15, 0.2) is 0 Å². The zero-order valence-corrected chi connectivity index (χ0v) is 8.68. The molecule has 0 aromatic heterocycles. The van der Waals surface area contributed by atoms with Gasteiger partial charge in [-0.15, -0.1) is 0 Å². The van der Waals surface area contributed by atoms with Crippen LogP contribution in [0.2, 0.25) is 0 Å². The molecule has 76 valence electrons. The van der Waals surface area contributed by atoms with Crippen molar-refractivity contribution in [2.24, 2.45) is 5.41 Å². The number of carboxylic acid groups (broad SMARTS) is 1. The zero-order valence-electron chi connectivity index (χ0n) is 8.68. The summed E-state index contributed by atoms with van der Waals surface area (Å²) in [6, 6.07) is 0. The molecule has 0 amide bonds. The van der Waals surface area contributed by atoms with Crippen LogP contribution >= 0.6 is 0 Å². The van der Waals surface area contributed by atoms with Crippen LogP contribution in [-0.2, 0) is 4.79 Å². The van der Waals surface area contributed by atoms with Gasteiger partial charge in [0.05, 0.1) is 0 Å². The van der Waals surface area contributed by atoms with Crippen LogP contribution in [0.5, 0.6) is 0 Å². The predicted octanol–water partition coefficient (Wildman–Crippen LogP) is 1.63. The third-order valence-corrected chi connectivity index (χ3v) is 3.36. The largest absolute Gasteiger partial charge is 0.480 e. The third-order valence-electron chi connectivity index (χ3n) is 3.36. The molecule has 0 aromatic rings. The first kappa shape index (κ1) is 10.5. The number of carbonyl (C=O) groups is 1. The van der Waals surface area contributed by atoms with Gasteiger partial charge in [0.1, 0.15) is 5.54 Å². The molecule has 1 aliphatic carbocycles. The molecule has 13 heavy (non-hydrogen) atoms. The van der Waals surface area contributed by atoms with Gasteiger partial charge in [-0.2, -0.15) is 0 Å². The highest BCUT2D eigenvalue weighted by Gasteiger charge is 2.57. The topological polar surface area (TPSA) is 49.3 Å². The molecule has 3 nitrogen and oxygen atoms in total. The van der Waals surface area contributed by atoms with Crippen molar-refractivity contribution in [3.63, 3.8) is 0 Å². The van der Waals surface area contributed by atoms with E-state index in [4.69, 9.17) is 0 Å². The Kier molecular flexibility index (Phi) is 2.66. The molecule has 1 rings (SSSR count). The zero-order chi connectivity index (χ0) is 10.1. The molecular formula is C10H19NO2. The average molecular weight is 185 g/mol. The Labute approximate surface area is 79.5 Å². The molecule has 0 spiro atoms. The van der Waals surface area contributed by atoms with Crippen molar-refractivity contribution < 1.29 is 9.90 Å². The Morgan fingerprint density at radius 2 is 2.15 bits per heavy atom. The molecule has 0 aromatic carbocycles. The summed E-state index contributed by atoms with van der Waals surface area (Å²) in [6.07, 6.45) is 3.01. The summed E-state index contributed by atoms with van der Waals surface area (Å²) in [5.74, 6) is -0.721. The van der Waals surface area contributed by atoms with Crippen molar-refractivity contribution >= 4 is 5.97 Å². The summed E-state index contributed by atoms with van der Waals surface area (Å²) >= 11 is 0. The summed E-state index contributed by atoms with van der Waals surface area (Å²) in [5.41, 5.74) is -0.767. The van der Waals surface area contributed by atoms with E-state index in [2.05, 4.69) is 5.32 Å². The number of hydrogen-bond acceptors (Lipinski definition) is 2. The van der Waals surface area contributed by atoms with Gasteiger partial charge in [-0.05, 0) is 38.1 Å². The molecule has 1 aliphatic rings. The maximum atomic E-state index is 11.2. The minimum atomic E-state index is -0.733. The number of nitrogens with one attached hydrogen (secondary N) is 1. The van der Waals surface area contributed by atoms with E-state index in [1.54, 1.807) is 6.92 Å². The summed E-state index contributed by atoms with van der Waals surface area (Å²) < 4.78 is 0. The van der Waals surface area contributed by atoms with Gasteiger partial charge in [0.2, 0.25) is 0 Å². The predicted molar refractivity (Wildman–Crippen MR) is 51.7 cm³/mol. The minimum Gasteiger partial charge on any atom is -0.480 e. The molecule has 1 fully saturated rings. The molecule has 0 saturated heterocycles. The first-order valence-corrected chi connectivity index (χ1v) is 4.95. The molecule has 1 atom stereocenters. The quantitative estimate of drug-likeness (QED) is 0.684. The molecule has 3 heteroatoms. The maximum Gasteiger partial charge on any atom is 0.324 e. The fourth-order valence-electron chi connectivity index (χ4n) is 1.61. The van der Waals surface area contributed by atoms with Crippen LogP contribution in [0.4, 0.5) is 0 Å². The van der Waals surface area contributed by atoms with Crippen molar-refractivity contribution in [2.45, 2.75) is 45.6 Å². The summed E-state index contributed by atoms with van der Waals surface area (Å²) in [5, 5.41) is 12.3. The monoisotopic (exact) mass is 185 g/mol. The molecule has 0 radical (unpaired) electrons. The average Bonchev–Trinajstić information content (AvgIpc) is 2.80.